The fourth-order valence-corrected chi connectivity index (χ4v) is 3.84. The maximum absolute atomic E-state index is 9.78. The summed E-state index contributed by atoms with van der Waals surface area (Å²) in [7, 11) is 1.64. The average molecular weight is 462 g/mol. The molecule has 19 heavy (non-hydrogen) atoms. The number of nitrogens with one attached hydrogen (secondary N) is 1. The van der Waals surface area contributed by atoms with Gasteiger partial charge in [-0.05, 0) is 44.0 Å². The molecule has 0 radical (unpaired) electrons. The Morgan fingerprint density at radius 3 is 2.47 bits per heavy atom. The molecular formula is C12H16Br3NO3. The van der Waals surface area contributed by atoms with E-state index in [0.29, 0.717) is 25.4 Å². The van der Waals surface area contributed by atoms with E-state index in [9.17, 15) is 5.11 Å². The van der Waals surface area contributed by atoms with Crippen LogP contribution in [0.25, 0.3) is 0 Å². The van der Waals surface area contributed by atoms with Crippen LogP contribution in [0.1, 0.15) is 0 Å². The summed E-state index contributed by atoms with van der Waals surface area (Å²) in [4.78, 5) is 0. The first kappa shape index (κ1) is 17.4. The van der Waals surface area contributed by atoms with E-state index in [1.807, 2.05) is 12.1 Å². The summed E-state index contributed by atoms with van der Waals surface area (Å²) in [6.45, 7) is 2.02. The maximum atomic E-state index is 9.78. The van der Waals surface area contributed by atoms with Gasteiger partial charge in [0.2, 0.25) is 0 Å². The second-order valence-electron chi connectivity index (χ2n) is 3.86. The zero-order chi connectivity index (χ0) is 14.3. The standard InChI is InChI=1S/C12H16Br3NO3/c1-18-3-2-16-6-9(17)7-19-12-10(14)4-8(13)5-11(12)15/h4-5,9,16-17H,2-3,6-7H2,1H3. The van der Waals surface area contributed by atoms with Crippen molar-refractivity contribution in [3.05, 3.63) is 25.6 Å². The molecule has 1 rings (SSSR count). The lowest BCUT2D eigenvalue weighted by molar-refractivity contribution is 0.103. The van der Waals surface area contributed by atoms with Crippen LogP contribution in [0, 0.1) is 0 Å². The van der Waals surface area contributed by atoms with Crippen molar-refractivity contribution in [2.45, 2.75) is 6.10 Å². The van der Waals surface area contributed by atoms with Crippen LogP contribution in [0.3, 0.4) is 0 Å². The molecule has 0 aromatic heterocycles. The Hall–Kier alpha value is 0.340. The van der Waals surface area contributed by atoms with Gasteiger partial charge in [-0.25, -0.2) is 0 Å². The lowest BCUT2D eigenvalue weighted by Crippen LogP contribution is -2.33. The Morgan fingerprint density at radius 1 is 1.26 bits per heavy atom. The quantitative estimate of drug-likeness (QED) is 0.584. The van der Waals surface area contributed by atoms with Gasteiger partial charge in [-0.3, -0.25) is 0 Å². The molecule has 108 valence electrons. The third-order valence-corrected chi connectivity index (χ3v) is 3.88. The Bertz CT molecular complexity index is 381. The smallest absolute Gasteiger partial charge is 0.147 e. The molecular weight excluding hydrogens is 446 g/mol. The molecule has 2 N–H and O–H groups in total. The number of rotatable bonds is 8. The van der Waals surface area contributed by atoms with Crippen molar-refractivity contribution < 1.29 is 14.6 Å². The zero-order valence-electron chi connectivity index (χ0n) is 10.5. The maximum Gasteiger partial charge on any atom is 0.147 e. The molecule has 1 atom stereocenters. The molecule has 0 aliphatic heterocycles. The molecule has 7 heteroatoms. The third-order valence-electron chi connectivity index (χ3n) is 2.25. The second-order valence-corrected chi connectivity index (χ2v) is 6.48. The largest absolute Gasteiger partial charge is 0.488 e. The monoisotopic (exact) mass is 459 g/mol. The number of aliphatic hydroxyl groups is 1. The average Bonchev–Trinajstić information content (AvgIpc) is 2.33. The van der Waals surface area contributed by atoms with Crippen molar-refractivity contribution in [1.29, 1.82) is 0 Å². The molecule has 0 bridgehead atoms. The molecule has 0 amide bonds. The van der Waals surface area contributed by atoms with Crippen LogP contribution in [-0.2, 0) is 4.74 Å². The molecule has 4 nitrogen and oxygen atoms in total. The highest BCUT2D eigenvalue weighted by Crippen LogP contribution is 2.36. The third kappa shape index (κ3) is 6.55. The van der Waals surface area contributed by atoms with Gasteiger partial charge in [-0.2, -0.15) is 0 Å². The molecule has 0 fully saturated rings. The van der Waals surface area contributed by atoms with E-state index < -0.39 is 6.10 Å². The lowest BCUT2D eigenvalue weighted by Gasteiger charge is -2.15. The Morgan fingerprint density at radius 2 is 1.89 bits per heavy atom. The summed E-state index contributed by atoms with van der Waals surface area (Å²) in [5.41, 5.74) is 0. The summed E-state index contributed by atoms with van der Waals surface area (Å²) in [5, 5.41) is 12.9. The van der Waals surface area contributed by atoms with Crippen molar-refractivity contribution in [2.75, 3.05) is 33.4 Å². The van der Waals surface area contributed by atoms with Gasteiger partial charge in [0, 0.05) is 24.7 Å². The molecule has 1 aromatic rings. The number of hydrogen-bond donors (Lipinski definition) is 2. The molecule has 1 unspecified atom stereocenters. The van der Waals surface area contributed by atoms with Crippen LogP contribution < -0.4 is 10.1 Å². The first-order chi connectivity index (χ1) is 9.04. The SMILES string of the molecule is COCCNCC(O)COc1c(Br)cc(Br)cc1Br. The predicted octanol–water partition coefficient (Wildman–Crippen LogP) is 2.95. The molecule has 1 aromatic carbocycles. The zero-order valence-corrected chi connectivity index (χ0v) is 15.2. The number of halogens is 3. The number of benzene rings is 1. The van der Waals surface area contributed by atoms with E-state index >= 15 is 0 Å². The summed E-state index contributed by atoms with van der Waals surface area (Å²) in [6.07, 6.45) is -0.570. The summed E-state index contributed by atoms with van der Waals surface area (Å²) in [5.74, 6) is 0.680. The minimum absolute atomic E-state index is 0.221. The minimum Gasteiger partial charge on any atom is -0.488 e. The van der Waals surface area contributed by atoms with Gasteiger partial charge in [0.15, 0.2) is 0 Å². The number of methoxy groups -OCH3 is 1. The first-order valence-corrected chi connectivity index (χ1v) is 8.07. The van der Waals surface area contributed by atoms with Gasteiger partial charge in [-0.1, -0.05) is 15.9 Å². The van der Waals surface area contributed by atoms with Crippen molar-refractivity contribution in [3.63, 3.8) is 0 Å². The van der Waals surface area contributed by atoms with Crippen molar-refractivity contribution >= 4 is 47.8 Å². The molecule has 0 heterocycles. The lowest BCUT2D eigenvalue weighted by atomic mass is 10.3. The first-order valence-electron chi connectivity index (χ1n) is 5.69. The molecule has 0 aliphatic carbocycles. The van der Waals surface area contributed by atoms with Gasteiger partial charge in [0.25, 0.3) is 0 Å². The fraction of sp³-hybridized carbons (Fsp3) is 0.500. The van der Waals surface area contributed by atoms with Gasteiger partial charge >= 0.3 is 0 Å². The van der Waals surface area contributed by atoms with Crippen molar-refractivity contribution in [1.82, 2.24) is 5.32 Å². The molecule has 0 spiro atoms. The molecule has 0 saturated carbocycles. The van der Waals surface area contributed by atoms with Gasteiger partial charge in [-0.15, -0.1) is 0 Å². The van der Waals surface area contributed by atoms with Crippen LogP contribution in [0.2, 0.25) is 0 Å². The highest BCUT2D eigenvalue weighted by atomic mass is 79.9. The van der Waals surface area contributed by atoms with E-state index in [1.165, 1.54) is 0 Å². The van der Waals surface area contributed by atoms with Crippen LogP contribution >= 0.6 is 47.8 Å². The van der Waals surface area contributed by atoms with Gasteiger partial charge < -0.3 is 19.9 Å². The number of hydrogen-bond acceptors (Lipinski definition) is 4. The van der Waals surface area contributed by atoms with Crippen LogP contribution in [-0.4, -0.2) is 44.6 Å². The van der Waals surface area contributed by atoms with Crippen LogP contribution in [0.15, 0.2) is 25.6 Å². The fourth-order valence-electron chi connectivity index (χ4n) is 1.35. The molecule has 0 aliphatic rings. The van der Waals surface area contributed by atoms with E-state index in [-0.39, 0.29) is 6.61 Å². The van der Waals surface area contributed by atoms with E-state index in [2.05, 4.69) is 53.1 Å². The van der Waals surface area contributed by atoms with Gasteiger partial charge in [0.1, 0.15) is 18.5 Å². The van der Waals surface area contributed by atoms with Crippen molar-refractivity contribution in [2.24, 2.45) is 0 Å². The van der Waals surface area contributed by atoms with Crippen LogP contribution in [0.5, 0.6) is 5.75 Å². The Kier molecular flexibility index (Phi) is 8.52. The second kappa shape index (κ2) is 9.31. The highest BCUT2D eigenvalue weighted by molar-refractivity contribution is 9.11. The van der Waals surface area contributed by atoms with E-state index in [4.69, 9.17) is 9.47 Å². The summed E-state index contributed by atoms with van der Waals surface area (Å²) in [6, 6.07) is 3.78. The van der Waals surface area contributed by atoms with Crippen molar-refractivity contribution in [3.8, 4) is 5.75 Å². The van der Waals surface area contributed by atoms with Crippen LogP contribution in [0.4, 0.5) is 0 Å². The molecule has 0 saturated heterocycles. The van der Waals surface area contributed by atoms with Gasteiger partial charge in [0.05, 0.1) is 15.6 Å². The Labute approximate surface area is 138 Å². The number of ether oxygens (including phenoxy) is 2. The van der Waals surface area contributed by atoms with E-state index in [0.717, 1.165) is 13.4 Å². The topological polar surface area (TPSA) is 50.7 Å². The Balaban J connectivity index is 2.40. The predicted molar refractivity (Wildman–Crippen MR) is 85.8 cm³/mol. The normalized spacial score (nSPS) is 12.5. The highest BCUT2D eigenvalue weighted by Gasteiger charge is 2.11. The summed E-state index contributed by atoms with van der Waals surface area (Å²) < 4.78 is 13.1. The number of aliphatic hydroxyl groups excluding tert-OH is 1. The minimum atomic E-state index is -0.570. The van der Waals surface area contributed by atoms with E-state index in [1.54, 1.807) is 7.11 Å². The summed E-state index contributed by atoms with van der Waals surface area (Å²) >= 11 is 10.2.